The molecule has 1 heterocycles. The van der Waals surface area contributed by atoms with Gasteiger partial charge in [0.2, 0.25) is 0 Å². The van der Waals surface area contributed by atoms with Gasteiger partial charge in [0, 0.05) is 46.5 Å². The molecule has 0 unspecified atom stereocenters. The molecular weight excluding hydrogens is 508 g/mol. The van der Waals surface area contributed by atoms with E-state index in [0.717, 1.165) is 35.5 Å². The van der Waals surface area contributed by atoms with Crippen LogP contribution < -0.4 is 25.1 Å². The molecule has 0 spiro atoms. The lowest BCUT2D eigenvalue weighted by molar-refractivity contribution is 0.102. The Hall–Kier alpha value is -4.36. The second-order valence-corrected chi connectivity index (χ2v) is 10.4. The highest BCUT2D eigenvalue weighted by molar-refractivity contribution is 7.24. The van der Waals surface area contributed by atoms with Crippen LogP contribution in [0.3, 0.4) is 0 Å². The SMILES string of the molecule is COc1ccc(N(C)CCCc2ccc(NC(=O)c3cccc4c(=O)c5ccccc5sc34)cc2)cc1OC. The number of hydrogen-bond donors (Lipinski definition) is 1. The van der Waals surface area contributed by atoms with E-state index in [-0.39, 0.29) is 11.3 Å². The van der Waals surface area contributed by atoms with Crippen LogP contribution in [0.5, 0.6) is 11.5 Å². The lowest BCUT2D eigenvalue weighted by Gasteiger charge is -2.20. The van der Waals surface area contributed by atoms with Crippen molar-refractivity contribution in [2.45, 2.75) is 12.8 Å². The van der Waals surface area contributed by atoms with Crippen molar-refractivity contribution in [1.82, 2.24) is 0 Å². The fourth-order valence-corrected chi connectivity index (χ4v) is 5.85. The summed E-state index contributed by atoms with van der Waals surface area (Å²) in [4.78, 5) is 28.4. The standard InChI is InChI=1S/C32H30N2O4S/c1-34(23-17-18-27(37-2)28(20-23)38-3)19-7-8-21-13-15-22(16-14-21)33-32(36)26-11-6-10-25-30(35)24-9-4-5-12-29(24)39-31(25)26/h4-6,9-18,20H,7-8,19H2,1-3H3,(H,33,36). The number of anilines is 2. The third-order valence-corrected chi connectivity index (χ3v) is 8.05. The van der Waals surface area contributed by atoms with Gasteiger partial charge in [-0.1, -0.05) is 30.3 Å². The number of benzene rings is 4. The number of methoxy groups -OCH3 is 2. The van der Waals surface area contributed by atoms with E-state index in [9.17, 15) is 9.59 Å². The van der Waals surface area contributed by atoms with E-state index in [1.165, 1.54) is 16.9 Å². The summed E-state index contributed by atoms with van der Waals surface area (Å²) in [7, 11) is 5.33. The highest BCUT2D eigenvalue weighted by Crippen LogP contribution is 2.31. The van der Waals surface area contributed by atoms with Crippen molar-refractivity contribution in [2.24, 2.45) is 0 Å². The van der Waals surface area contributed by atoms with E-state index in [4.69, 9.17) is 9.47 Å². The molecule has 0 saturated heterocycles. The molecule has 0 radical (unpaired) electrons. The number of nitrogens with zero attached hydrogens (tertiary/aromatic N) is 1. The van der Waals surface area contributed by atoms with Gasteiger partial charge in [-0.05, 0) is 66.9 Å². The van der Waals surface area contributed by atoms with Crippen LogP contribution in [0.4, 0.5) is 11.4 Å². The molecule has 6 nitrogen and oxygen atoms in total. The van der Waals surface area contributed by atoms with E-state index < -0.39 is 0 Å². The lowest BCUT2D eigenvalue weighted by Crippen LogP contribution is -2.19. The molecule has 7 heteroatoms. The Labute approximate surface area is 231 Å². The van der Waals surface area contributed by atoms with Crippen LogP contribution in [0.1, 0.15) is 22.3 Å². The fraction of sp³-hybridized carbons (Fsp3) is 0.188. The highest BCUT2D eigenvalue weighted by atomic mass is 32.1. The van der Waals surface area contributed by atoms with Gasteiger partial charge >= 0.3 is 0 Å². The van der Waals surface area contributed by atoms with E-state index in [1.807, 2.05) is 66.7 Å². The molecule has 1 amide bonds. The van der Waals surface area contributed by atoms with Gasteiger partial charge in [-0.3, -0.25) is 9.59 Å². The highest BCUT2D eigenvalue weighted by Gasteiger charge is 2.15. The van der Waals surface area contributed by atoms with Gasteiger partial charge in [0.1, 0.15) is 0 Å². The van der Waals surface area contributed by atoms with Crippen molar-refractivity contribution >= 4 is 48.8 Å². The summed E-state index contributed by atoms with van der Waals surface area (Å²) >= 11 is 1.47. The van der Waals surface area contributed by atoms with Crippen LogP contribution in [0, 0.1) is 0 Å². The Balaban J connectivity index is 1.23. The Morgan fingerprint density at radius 1 is 0.872 bits per heavy atom. The largest absolute Gasteiger partial charge is 0.493 e. The zero-order chi connectivity index (χ0) is 27.4. The smallest absolute Gasteiger partial charge is 0.257 e. The number of aryl methyl sites for hydroxylation is 1. The number of carbonyl (C=O) groups is 1. The summed E-state index contributed by atoms with van der Waals surface area (Å²) in [6.45, 7) is 0.882. The molecule has 1 N–H and O–H groups in total. The molecule has 0 atom stereocenters. The maximum Gasteiger partial charge on any atom is 0.257 e. The second-order valence-electron chi connectivity index (χ2n) is 9.33. The van der Waals surface area contributed by atoms with E-state index in [2.05, 4.69) is 17.3 Å². The van der Waals surface area contributed by atoms with Crippen molar-refractivity contribution in [3.63, 3.8) is 0 Å². The number of hydrogen-bond acceptors (Lipinski definition) is 6. The van der Waals surface area contributed by atoms with Gasteiger partial charge in [0.15, 0.2) is 16.9 Å². The van der Waals surface area contributed by atoms with Gasteiger partial charge in [-0.2, -0.15) is 0 Å². The zero-order valence-corrected chi connectivity index (χ0v) is 23.0. The lowest BCUT2D eigenvalue weighted by atomic mass is 10.1. The molecule has 0 aliphatic rings. The van der Waals surface area contributed by atoms with E-state index in [1.54, 1.807) is 32.4 Å². The summed E-state index contributed by atoms with van der Waals surface area (Å²) < 4.78 is 12.3. The van der Waals surface area contributed by atoms with E-state index >= 15 is 0 Å². The maximum atomic E-state index is 13.2. The van der Waals surface area contributed by atoms with Crippen LogP contribution in [0.25, 0.3) is 20.2 Å². The molecule has 0 aliphatic carbocycles. The van der Waals surface area contributed by atoms with E-state index in [0.29, 0.717) is 32.5 Å². The fourth-order valence-electron chi connectivity index (χ4n) is 4.67. The van der Waals surface area contributed by atoms with Crippen LogP contribution in [0.2, 0.25) is 0 Å². The molecule has 0 saturated carbocycles. The maximum absolute atomic E-state index is 13.2. The molecular formula is C32H30N2O4S. The van der Waals surface area contributed by atoms with Crippen molar-refractivity contribution in [3.8, 4) is 11.5 Å². The molecule has 1 aromatic heterocycles. The summed E-state index contributed by atoms with van der Waals surface area (Å²) in [6, 6.07) is 26.7. The predicted octanol–water partition coefficient (Wildman–Crippen LogP) is 6.75. The minimum atomic E-state index is -0.226. The molecule has 4 aromatic carbocycles. The summed E-state index contributed by atoms with van der Waals surface area (Å²) in [5.74, 6) is 1.20. The van der Waals surface area contributed by atoms with Gasteiger partial charge < -0.3 is 19.7 Å². The monoisotopic (exact) mass is 538 g/mol. The van der Waals surface area contributed by atoms with Crippen molar-refractivity contribution in [3.05, 3.63) is 106 Å². The average molecular weight is 539 g/mol. The van der Waals surface area contributed by atoms with Gasteiger partial charge in [-0.15, -0.1) is 11.3 Å². The Morgan fingerprint density at radius 2 is 1.62 bits per heavy atom. The van der Waals surface area contributed by atoms with Crippen molar-refractivity contribution in [2.75, 3.05) is 38.0 Å². The van der Waals surface area contributed by atoms with Crippen LogP contribution in [-0.4, -0.2) is 33.7 Å². The van der Waals surface area contributed by atoms with Crippen molar-refractivity contribution in [1.29, 1.82) is 0 Å². The van der Waals surface area contributed by atoms with Gasteiger partial charge in [0.05, 0.1) is 24.5 Å². The molecule has 39 heavy (non-hydrogen) atoms. The molecule has 0 fully saturated rings. The topological polar surface area (TPSA) is 67.9 Å². The number of nitrogens with one attached hydrogen (secondary N) is 1. The number of ether oxygens (including phenoxy) is 2. The van der Waals surface area contributed by atoms with Crippen LogP contribution in [0.15, 0.2) is 89.7 Å². The van der Waals surface area contributed by atoms with Gasteiger partial charge in [-0.25, -0.2) is 0 Å². The summed E-state index contributed by atoms with van der Waals surface area (Å²) in [6.07, 6.45) is 1.88. The van der Waals surface area contributed by atoms with Crippen molar-refractivity contribution < 1.29 is 14.3 Å². The number of fused-ring (bicyclic) bond motifs is 2. The Kier molecular flexibility index (Phi) is 7.79. The van der Waals surface area contributed by atoms with Gasteiger partial charge in [0.25, 0.3) is 5.91 Å². The first-order valence-corrected chi connectivity index (χ1v) is 13.6. The second kappa shape index (κ2) is 11.6. The minimum absolute atomic E-state index is 0.0462. The first-order valence-electron chi connectivity index (χ1n) is 12.8. The summed E-state index contributed by atoms with van der Waals surface area (Å²) in [5, 5.41) is 4.24. The minimum Gasteiger partial charge on any atom is -0.493 e. The molecule has 5 aromatic rings. The number of amides is 1. The normalized spacial score (nSPS) is 10.9. The first-order chi connectivity index (χ1) is 19.0. The van der Waals surface area contributed by atoms with Crippen LogP contribution in [-0.2, 0) is 6.42 Å². The Bertz CT molecular complexity index is 1700. The molecule has 5 rings (SSSR count). The Morgan fingerprint density at radius 3 is 2.38 bits per heavy atom. The third kappa shape index (κ3) is 5.59. The predicted molar refractivity (Wildman–Crippen MR) is 161 cm³/mol. The van der Waals surface area contributed by atoms with Crippen LogP contribution >= 0.6 is 11.3 Å². The third-order valence-electron chi connectivity index (χ3n) is 6.83. The quantitative estimate of drug-likeness (QED) is 0.210. The number of carbonyl (C=O) groups excluding carboxylic acids is 1. The molecule has 0 bridgehead atoms. The zero-order valence-electron chi connectivity index (χ0n) is 22.2. The summed E-state index contributed by atoms with van der Waals surface area (Å²) in [5.41, 5.74) is 3.44. The average Bonchev–Trinajstić information content (AvgIpc) is 2.97. The molecule has 0 aliphatic heterocycles. The molecule has 198 valence electrons. The number of rotatable bonds is 9. The first kappa shape index (κ1) is 26.3.